The first-order valence-electron chi connectivity index (χ1n) is 7.92. The maximum Gasteiger partial charge on any atom is 0.0309 e. The van der Waals surface area contributed by atoms with Crippen LogP contribution >= 0.6 is 11.8 Å². The van der Waals surface area contributed by atoms with E-state index in [2.05, 4.69) is 44.2 Å². The van der Waals surface area contributed by atoms with Crippen molar-refractivity contribution in [2.45, 2.75) is 69.7 Å². The molecule has 112 valence electrons. The standard InChI is InChI=1S/C16H32N2S/c1-13(2)14-10-17-16(8-6-7-9-16)12-18(14)11-15(3,4)19-5/h13-14,17H,6-12H2,1-5H3. The Morgan fingerprint density at radius 1 is 1.32 bits per heavy atom. The van der Waals surface area contributed by atoms with Crippen LogP contribution in [0, 0.1) is 5.92 Å². The average Bonchev–Trinajstić information content (AvgIpc) is 2.76. The first-order chi connectivity index (χ1) is 8.87. The van der Waals surface area contributed by atoms with Gasteiger partial charge >= 0.3 is 0 Å². The number of rotatable bonds is 4. The number of hydrogen-bond donors (Lipinski definition) is 1. The molecule has 2 fully saturated rings. The minimum absolute atomic E-state index is 0.365. The molecule has 1 unspecified atom stereocenters. The SMILES string of the molecule is CSC(C)(C)CN1CC2(CCCC2)NCC1C(C)C. The summed E-state index contributed by atoms with van der Waals surface area (Å²) in [6, 6.07) is 0.706. The zero-order valence-corrected chi connectivity index (χ0v) is 14.3. The highest BCUT2D eigenvalue weighted by Gasteiger charge is 2.42. The van der Waals surface area contributed by atoms with Gasteiger partial charge in [-0.1, -0.05) is 26.7 Å². The molecule has 1 N–H and O–H groups in total. The summed E-state index contributed by atoms with van der Waals surface area (Å²) >= 11 is 2.00. The summed E-state index contributed by atoms with van der Waals surface area (Å²) in [6.45, 7) is 13.2. The van der Waals surface area contributed by atoms with Crippen LogP contribution in [0.15, 0.2) is 0 Å². The third-order valence-corrected chi connectivity index (χ3v) is 6.36. The van der Waals surface area contributed by atoms with Gasteiger partial charge in [0.1, 0.15) is 0 Å². The number of piperazine rings is 1. The van der Waals surface area contributed by atoms with Crippen molar-refractivity contribution in [2.75, 3.05) is 25.9 Å². The molecule has 1 heterocycles. The molecule has 0 aromatic carbocycles. The second kappa shape index (κ2) is 5.95. The van der Waals surface area contributed by atoms with Crippen molar-refractivity contribution in [1.29, 1.82) is 0 Å². The number of hydrogen-bond acceptors (Lipinski definition) is 3. The van der Waals surface area contributed by atoms with Crippen LogP contribution in [-0.4, -0.2) is 47.1 Å². The topological polar surface area (TPSA) is 15.3 Å². The van der Waals surface area contributed by atoms with E-state index in [-0.39, 0.29) is 0 Å². The molecule has 1 saturated carbocycles. The van der Waals surface area contributed by atoms with E-state index < -0.39 is 0 Å². The molecule has 1 spiro atoms. The highest BCUT2D eigenvalue weighted by Crippen LogP contribution is 2.35. The molecule has 0 bridgehead atoms. The van der Waals surface area contributed by atoms with Crippen LogP contribution in [0.25, 0.3) is 0 Å². The van der Waals surface area contributed by atoms with Crippen molar-refractivity contribution >= 4 is 11.8 Å². The zero-order valence-electron chi connectivity index (χ0n) is 13.5. The van der Waals surface area contributed by atoms with E-state index >= 15 is 0 Å². The van der Waals surface area contributed by atoms with Crippen molar-refractivity contribution in [3.63, 3.8) is 0 Å². The van der Waals surface area contributed by atoms with Gasteiger partial charge in [-0.15, -0.1) is 0 Å². The van der Waals surface area contributed by atoms with Gasteiger partial charge in [0.15, 0.2) is 0 Å². The molecule has 19 heavy (non-hydrogen) atoms. The summed E-state index contributed by atoms with van der Waals surface area (Å²) in [5.74, 6) is 0.740. The summed E-state index contributed by atoms with van der Waals surface area (Å²) in [6.07, 6.45) is 7.85. The van der Waals surface area contributed by atoms with Crippen LogP contribution in [0.5, 0.6) is 0 Å². The van der Waals surface area contributed by atoms with Gasteiger partial charge in [-0.3, -0.25) is 4.90 Å². The molecule has 1 saturated heterocycles. The van der Waals surface area contributed by atoms with E-state index in [0.717, 1.165) is 5.92 Å². The van der Waals surface area contributed by atoms with E-state index in [1.165, 1.54) is 45.3 Å². The van der Waals surface area contributed by atoms with Crippen LogP contribution in [0.1, 0.15) is 53.4 Å². The van der Waals surface area contributed by atoms with Crippen LogP contribution in [0.4, 0.5) is 0 Å². The van der Waals surface area contributed by atoms with Crippen LogP contribution in [0.2, 0.25) is 0 Å². The van der Waals surface area contributed by atoms with Gasteiger partial charge in [-0.05, 0) is 38.9 Å². The van der Waals surface area contributed by atoms with Gasteiger partial charge in [0.25, 0.3) is 0 Å². The molecule has 2 nitrogen and oxygen atoms in total. The molecular weight excluding hydrogens is 252 g/mol. The van der Waals surface area contributed by atoms with Crippen molar-refractivity contribution in [1.82, 2.24) is 10.2 Å². The van der Waals surface area contributed by atoms with E-state index in [0.29, 0.717) is 16.3 Å². The second-order valence-electron chi connectivity index (χ2n) is 7.55. The number of nitrogens with one attached hydrogen (secondary N) is 1. The van der Waals surface area contributed by atoms with Gasteiger partial charge in [0, 0.05) is 36.0 Å². The summed E-state index contributed by atoms with van der Waals surface area (Å²) < 4.78 is 0.365. The second-order valence-corrected chi connectivity index (χ2v) is 9.06. The Balaban J connectivity index is 2.08. The summed E-state index contributed by atoms with van der Waals surface area (Å²) in [5.41, 5.74) is 0.444. The minimum Gasteiger partial charge on any atom is -0.308 e. The first kappa shape index (κ1) is 15.7. The lowest BCUT2D eigenvalue weighted by Gasteiger charge is -2.49. The smallest absolute Gasteiger partial charge is 0.0309 e. The lowest BCUT2D eigenvalue weighted by Crippen LogP contribution is -2.65. The lowest BCUT2D eigenvalue weighted by molar-refractivity contribution is 0.0518. The summed E-state index contributed by atoms with van der Waals surface area (Å²) in [4.78, 5) is 2.79. The van der Waals surface area contributed by atoms with E-state index in [9.17, 15) is 0 Å². The van der Waals surface area contributed by atoms with E-state index in [1.54, 1.807) is 0 Å². The molecule has 0 amide bonds. The first-order valence-corrected chi connectivity index (χ1v) is 9.14. The normalized spacial score (nSPS) is 28.4. The third kappa shape index (κ3) is 3.68. The van der Waals surface area contributed by atoms with Crippen LogP contribution < -0.4 is 5.32 Å². The van der Waals surface area contributed by atoms with Crippen LogP contribution in [-0.2, 0) is 0 Å². The average molecular weight is 285 g/mol. The molecular formula is C16H32N2S. The third-order valence-electron chi connectivity index (χ3n) is 5.13. The Hall–Kier alpha value is 0.270. The zero-order chi connectivity index (χ0) is 14.1. The highest BCUT2D eigenvalue weighted by molar-refractivity contribution is 7.99. The summed E-state index contributed by atoms with van der Waals surface area (Å²) in [5, 5.41) is 3.91. The summed E-state index contributed by atoms with van der Waals surface area (Å²) in [7, 11) is 0. The number of nitrogens with zero attached hydrogens (tertiary/aromatic N) is 1. The van der Waals surface area contributed by atoms with E-state index in [4.69, 9.17) is 0 Å². The molecule has 0 radical (unpaired) electrons. The molecule has 1 aliphatic carbocycles. The fourth-order valence-electron chi connectivity index (χ4n) is 3.78. The predicted octanol–water partition coefficient (Wildman–Crippen LogP) is 3.37. The maximum atomic E-state index is 3.91. The molecule has 1 aliphatic heterocycles. The monoisotopic (exact) mass is 284 g/mol. The molecule has 0 aromatic heterocycles. The van der Waals surface area contributed by atoms with Crippen molar-refractivity contribution in [3.8, 4) is 0 Å². The Morgan fingerprint density at radius 2 is 1.95 bits per heavy atom. The molecule has 2 rings (SSSR count). The lowest BCUT2D eigenvalue weighted by atomic mass is 9.88. The Bertz CT molecular complexity index is 295. The van der Waals surface area contributed by atoms with Crippen molar-refractivity contribution < 1.29 is 0 Å². The van der Waals surface area contributed by atoms with Crippen LogP contribution in [0.3, 0.4) is 0 Å². The molecule has 1 atom stereocenters. The van der Waals surface area contributed by atoms with E-state index in [1.807, 2.05) is 11.8 Å². The minimum atomic E-state index is 0.365. The fraction of sp³-hybridized carbons (Fsp3) is 1.00. The Kier molecular flexibility index (Phi) is 4.90. The highest BCUT2D eigenvalue weighted by atomic mass is 32.2. The Morgan fingerprint density at radius 3 is 2.47 bits per heavy atom. The fourth-order valence-corrected chi connectivity index (χ4v) is 4.08. The van der Waals surface area contributed by atoms with Gasteiger partial charge in [0.05, 0.1) is 0 Å². The predicted molar refractivity (Wildman–Crippen MR) is 87.0 cm³/mol. The van der Waals surface area contributed by atoms with Crippen molar-refractivity contribution in [3.05, 3.63) is 0 Å². The van der Waals surface area contributed by atoms with Gasteiger partial charge in [0.2, 0.25) is 0 Å². The Labute approximate surface area is 124 Å². The van der Waals surface area contributed by atoms with Gasteiger partial charge in [-0.25, -0.2) is 0 Å². The maximum absolute atomic E-state index is 3.91. The molecule has 2 aliphatic rings. The van der Waals surface area contributed by atoms with Crippen molar-refractivity contribution in [2.24, 2.45) is 5.92 Å². The van der Waals surface area contributed by atoms with Gasteiger partial charge in [-0.2, -0.15) is 11.8 Å². The largest absolute Gasteiger partial charge is 0.308 e. The van der Waals surface area contributed by atoms with Gasteiger partial charge < -0.3 is 5.32 Å². The number of thioether (sulfide) groups is 1. The molecule has 0 aromatic rings. The quantitative estimate of drug-likeness (QED) is 0.852. The molecule has 3 heteroatoms.